The molecule has 11 nitrogen and oxygen atoms in total. The first-order valence-corrected chi connectivity index (χ1v) is 10.7. The Bertz CT molecular complexity index is 1350. The van der Waals surface area contributed by atoms with Gasteiger partial charge in [0.05, 0.1) is 25.1 Å². The van der Waals surface area contributed by atoms with E-state index >= 15 is 0 Å². The summed E-state index contributed by atoms with van der Waals surface area (Å²) >= 11 is 6.21. The number of hydrogen-bond donors (Lipinski definition) is 3. The number of aliphatic hydroxyl groups is 1. The molecule has 3 N–H and O–H groups in total. The number of carbonyl (C=O) groups excluding carboxylic acids is 2. The first-order valence-electron chi connectivity index (χ1n) is 10.3. The third kappa shape index (κ3) is 5.00. The highest BCUT2D eigenvalue weighted by molar-refractivity contribution is 6.31. The number of ether oxygens (including phenoxy) is 1. The number of aromatic nitrogens is 5. The van der Waals surface area contributed by atoms with Crippen molar-refractivity contribution >= 4 is 34.7 Å². The van der Waals surface area contributed by atoms with Crippen LogP contribution in [0.25, 0.3) is 16.9 Å². The second kappa shape index (κ2) is 9.89. The van der Waals surface area contributed by atoms with Gasteiger partial charge in [-0.25, -0.2) is 9.50 Å². The number of carbonyl (C=O) groups is 2. The molecule has 3 aromatic heterocycles. The summed E-state index contributed by atoms with van der Waals surface area (Å²) in [6.45, 7) is 1.55. The van der Waals surface area contributed by atoms with Gasteiger partial charge in [0.2, 0.25) is 5.91 Å². The van der Waals surface area contributed by atoms with E-state index in [-0.39, 0.29) is 24.6 Å². The molecule has 0 saturated carbocycles. The molecule has 2 amide bonds. The van der Waals surface area contributed by atoms with Crippen molar-refractivity contribution in [3.05, 3.63) is 59.6 Å². The first kappa shape index (κ1) is 23.2. The Balaban J connectivity index is 1.70. The monoisotopic (exact) mass is 483 g/mol. The number of halogens is 1. The lowest BCUT2D eigenvalue weighted by Crippen LogP contribution is -2.33. The molecule has 0 aliphatic heterocycles. The van der Waals surface area contributed by atoms with Crippen molar-refractivity contribution < 1.29 is 19.4 Å². The fourth-order valence-corrected chi connectivity index (χ4v) is 3.47. The maximum atomic E-state index is 13.1. The Kier molecular flexibility index (Phi) is 6.75. The van der Waals surface area contributed by atoms with Crippen LogP contribution in [0.1, 0.15) is 17.3 Å². The molecule has 0 unspecified atom stereocenters. The molecule has 0 aliphatic carbocycles. The number of anilines is 1. The van der Waals surface area contributed by atoms with E-state index in [0.717, 1.165) is 0 Å². The van der Waals surface area contributed by atoms with Gasteiger partial charge in [0.15, 0.2) is 5.65 Å². The van der Waals surface area contributed by atoms with E-state index in [1.807, 2.05) is 0 Å². The van der Waals surface area contributed by atoms with Crippen molar-refractivity contribution in [1.29, 1.82) is 0 Å². The molecule has 1 aromatic carbocycles. The molecule has 0 radical (unpaired) electrons. The van der Waals surface area contributed by atoms with Gasteiger partial charge in [0, 0.05) is 35.7 Å². The van der Waals surface area contributed by atoms with Gasteiger partial charge in [-0.1, -0.05) is 11.6 Å². The molecule has 176 valence electrons. The molecule has 4 rings (SSSR count). The number of fused-ring (bicyclic) bond motifs is 1. The van der Waals surface area contributed by atoms with Gasteiger partial charge in [0.1, 0.15) is 23.6 Å². The number of nitrogens with one attached hydrogen (secondary N) is 2. The summed E-state index contributed by atoms with van der Waals surface area (Å²) in [6.07, 6.45) is 5.53. The van der Waals surface area contributed by atoms with Gasteiger partial charge in [-0.3, -0.25) is 14.3 Å². The average molecular weight is 484 g/mol. The van der Waals surface area contributed by atoms with Gasteiger partial charge >= 0.3 is 0 Å². The van der Waals surface area contributed by atoms with Crippen molar-refractivity contribution in [2.45, 2.75) is 19.6 Å². The van der Waals surface area contributed by atoms with Crippen LogP contribution in [-0.2, 0) is 11.3 Å². The molecule has 0 aliphatic rings. The largest absolute Gasteiger partial charge is 0.496 e. The van der Waals surface area contributed by atoms with E-state index in [1.54, 1.807) is 43.6 Å². The van der Waals surface area contributed by atoms with Crippen LogP contribution in [0, 0.1) is 0 Å². The predicted molar refractivity (Wildman–Crippen MR) is 125 cm³/mol. The van der Waals surface area contributed by atoms with Gasteiger partial charge in [0.25, 0.3) is 5.91 Å². The van der Waals surface area contributed by atoms with Crippen LogP contribution in [0.3, 0.4) is 0 Å². The number of aliphatic hydroxyl groups excluding tert-OH is 1. The summed E-state index contributed by atoms with van der Waals surface area (Å²) in [5.74, 6) is -0.312. The second-order valence-electron chi connectivity index (χ2n) is 7.49. The molecule has 12 heteroatoms. The van der Waals surface area contributed by atoms with Crippen LogP contribution in [0.4, 0.5) is 5.69 Å². The molecular formula is C22H22ClN7O4. The van der Waals surface area contributed by atoms with Crippen molar-refractivity contribution in [2.24, 2.45) is 0 Å². The van der Waals surface area contributed by atoms with Crippen LogP contribution in [0.2, 0.25) is 5.02 Å². The number of nitrogens with zero attached hydrogens (tertiary/aromatic N) is 5. The van der Waals surface area contributed by atoms with E-state index in [9.17, 15) is 14.7 Å². The summed E-state index contributed by atoms with van der Waals surface area (Å²) in [6, 6.07) is 6.73. The number of benzene rings is 1. The summed E-state index contributed by atoms with van der Waals surface area (Å²) in [5, 5.41) is 23.9. The minimum Gasteiger partial charge on any atom is -0.496 e. The maximum Gasteiger partial charge on any atom is 0.261 e. The lowest BCUT2D eigenvalue weighted by Gasteiger charge is -2.09. The highest BCUT2D eigenvalue weighted by Gasteiger charge is 2.21. The van der Waals surface area contributed by atoms with E-state index in [4.69, 9.17) is 16.3 Å². The van der Waals surface area contributed by atoms with E-state index in [0.29, 0.717) is 33.4 Å². The van der Waals surface area contributed by atoms with E-state index in [1.165, 1.54) is 28.7 Å². The minimum absolute atomic E-state index is 0.112. The Morgan fingerprint density at radius 3 is 2.91 bits per heavy atom. The standard InChI is InChI=1S/C22H22ClN7O4/c1-13(31)9-25-19(32)12-29-11-17(20(28-29)15-8-14(23)4-5-18(15)34-2)27-22(33)16-10-26-30-7-3-6-24-21(16)30/h3-8,10-11,13,31H,9,12H2,1-2H3,(H,25,32)(H,27,33)/t13-/m1/s1. The molecular weight excluding hydrogens is 462 g/mol. The molecule has 0 bridgehead atoms. The van der Waals surface area contributed by atoms with Crippen LogP contribution in [0.15, 0.2) is 49.1 Å². The number of hydrogen-bond acceptors (Lipinski definition) is 7. The topological polar surface area (TPSA) is 136 Å². The lowest BCUT2D eigenvalue weighted by molar-refractivity contribution is -0.122. The van der Waals surface area contributed by atoms with Crippen molar-refractivity contribution in [2.75, 3.05) is 19.0 Å². The molecule has 34 heavy (non-hydrogen) atoms. The lowest BCUT2D eigenvalue weighted by atomic mass is 10.1. The fourth-order valence-electron chi connectivity index (χ4n) is 3.30. The third-order valence-corrected chi connectivity index (χ3v) is 5.09. The third-order valence-electron chi connectivity index (χ3n) is 4.85. The summed E-state index contributed by atoms with van der Waals surface area (Å²) < 4.78 is 8.33. The zero-order valence-corrected chi connectivity index (χ0v) is 19.2. The summed E-state index contributed by atoms with van der Waals surface area (Å²) in [4.78, 5) is 29.6. The van der Waals surface area contributed by atoms with Gasteiger partial charge in [-0.05, 0) is 31.2 Å². The van der Waals surface area contributed by atoms with Gasteiger partial charge in [-0.2, -0.15) is 10.2 Å². The predicted octanol–water partition coefficient (Wildman–Crippen LogP) is 2.00. The quantitative estimate of drug-likeness (QED) is 0.348. The zero-order chi connectivity index (χ0) is 24.2. The number of rotatable bonds is 8. The zero-order valence-electron chi connectivity index (χ0n) is 18.4. The highest BCUT2D eigenvalue weighted by Crippen LogP contribution is 2.36. The fraction of sp³-hybridized carbons (Fsp3) is 0.227. The molecule has 1 atom stereocenters. The molecule has 0 fully saturated rings. The molecule has 3 heterocycles. The molecule has 0 spiro atoms. The second-order valence-corrected chi connectivity index (χ2v) is 7.92. The van der Waals surface area contributed by atoms with Crippen LogP contribution < -0.4 is 15.4 Å². The van der Waals surface area contributed by atoms with Gasteiger partial charge in [-0.15, -0.1) is 0 Å². The van der Waals surface area contributed by atoms with Crippen molar-refractivity contribution in [1.82, 2.24) is 29.7 Å². The smallest absolute Gasteiger partial charge is 0.261 e. The number of amides is 2. The van der Waals surface area contributed by atoms with E-state index in [2.05, 4.69) is 25.8 Å². The van der Waals surface area contributed by atoms with Crippen molar-refractivity contribution in [3.63, 3.8) is 0 Å². The maximum absolute atomic E-state index is 13.1. The Morgan fingerprint density at radius 2 is 2.15 bits per heavy atom. The Labute approximate surface area is 199 Å². The highest BCUT2D eigenvalue weighted by atomic mass is 35.5. The summed E-state index contributed by atoms with van der Waals surface area (Å²) in [5.41, 5.74) is 1.90. The molecule has 4 aromatic rings. The minimum atomic E-state index is -0.679. The first-order chi connectivity index (χ1) is 16.4. The van der Waals surface area contributed by atoms with Crippen LogP contribution >= 0.6 is 11.6 Å². The van der Waals surface area contributed by atoms with Crippen LogP contribution in [0.5, 0.6) is 5.75 Å². The van der Waals surface area contributed by atoms with E-state index < -0.39 is 12.0 Å². The van der Waals surface area contributed by atoms with Crippen LogP contribution in [-0.4, -0.2) is 61.1 Å². The normalized spacial score (nSPS) is 11.9. The van der Waals surface area contributed by atoms with Gasteiger partial charge < -0.3 is 20.5 Å². The Hall–Kier alpha value is -3.96. The number of methoxy groups -OCH3 is 1. The Morgan fingerprint density at radius 1 is 1.32 bits per heavy atom. The SMILES string of the molecule is COc1ccc(Cl)cc1-c1nn(CC(=O)NC[C@@H](C)O)cc1NC(=O)c1cnn2cccnc12. The average Bonchev–Trinajstić information content (AvgIpc) is 3.41. The summed E-state index contributed by atoms with van der Waals surface area (Å²) in [7, 11) is 1.51. The van der Waals surface area contributed by atoms with Crippen molar-refractivity contribution in [3.8, 4) is 17.0 Å². The molecule has 0 saturated heterocycles.